The van der Waals surface area contributed by atoms with Crippen molar-refractivity contribution in [3.05, 3.63) is 77.9 Å². The third-order valence-electron chi connectivity index (χ3n) is 4.24. The number of nitrogens with one attached hydrogen (secondary N) is 1. The van der Waals surface area contributed by atoms with Gasteiger partial charge in [0.2, 0.25) is 0 Å². The highest BCUT2D eigenvalue weighted by molar-refractivity contribution is 5.87. The van der Waals surface area contributed by atoms with Crippen LogP contribution in [-0.4, -0.2) is 11.7 Å². The average molecular weight is 292 g/mol. The third-order valence-corrected chi connectivity index (χ3v) is 4.24. The van der Waals surface area contributed by atoms with E-state index in [9.17, 15) is 5.11 Å². The van der Waals surface area contributed by atoms with Gasteiger partial charge in [0.25, 0.3) is 0 Å². The smallest absolute Gasteiger partial charge is 0.125 e. The van der Waals surface area contributed by atoms with Crippen LogP contribution in [0.1, 0.15) is 18.1 Å². The third kappa shape index (κ3) is 3.12. The lowest BCUT2D eigenvalue weighted by Crippen LogP contribution is -3.09. The molecule has 3 rings (SSSR count). The minimum absolute atomic E-state index is 0.401. The zero-order chi connectivity index (χ0) is 15.4. The lowest BCUT2D eigenvalue weighted by Gasteiger charge is -2.19. The van der Waals surface area contributed by atoms with Crippen LogP contribution >= 0.6 is 0 Å². The van der Waals surface area contributed by atoms with Crippen LogP contribution in [0.15, 0.2) is 66.7 Å². The number of quaternary nitrogens is 1. The van der Waals surface area contributed by atoms with E-state index in [0.717, 1.165) is 30.6 Å². The predicted molar refractivity (Wildman–Crippen MR) is 91.0 cm³/mol. The van der Waals surface area contributed by atoms with Crippen LogP contribution in [0.4, 0.5) is 0 Å². The van der Waals surface area contributed by atoms with Crippen LogP contribution < -0.4 is 4.90 Å². The van der Waals surface area contributed by atoms with Crippen molar-refractivity contribution in [2.75, 3.05) is 6.54 Å². The monoisotopic (exact) mass is 292 g/mol. The number of hydrogen-bond donors (Lipinski definition) is 2. The summed E-state index contributed by atoms with van der Waals surface area (Å²) in [6, 6.07) is 22.6. The number of phenols is 1. The van der Waals surface area contributed by atoms with Gasteiger partial charge in [-0.05, 0) is 23.8 Å². The van der Waals surface area contributed by atoms with E-state index < -0.39 is 0 Å². The highest BCUT2D eigenvalue weighted by Gasteiger charge is 2.14. The number of rotatable bonds is 5. The lowest BCUT2D eigenvalue weighted by atomic mass is 10.0. The van der Waals surface area contributed by atoms with Gasteiger partial charge < -0.3 is 10.0 Å². The summed E-state index contributed by atoms with van der Waals surface area (Å²) in [6.07, 6.45) is 0. The summed E-state index contributed by atoms with van der Waals surface area (Å²) >= 11 is 0. The highest BCUT2D eigenvalue weighted by atomic mass is 16.3. The maximum absolute atomic E-state index is 10.3. The highest BCUT2D eigenvalue weighted by Crippen LogP contribution is 2.26. The van der Waals surface area contributed by atoms with Crippen molar-refractivity contribution < 1.29 is 10.0 Å². The second-order valence-corrected chi connectivity index (χ2v) is 5.73. The summed E-state index contributed by atoms with van der Waals surface area (Å²) < 4.78 is 0. The Balaban J connectivity index is 1.89. The van der Waals surface area contributed by atoms with Crippen LogP contribution in [0.3, 0.4) is 0 Å². The number of aromatic hydroxyl groups is 1. The largest absolute Gasteiger partial charge is 0.507 e. The van der Waals surface area contributed by atoms with Crippen LogP contribution in [0.2, 0.25) is 0 Å². The summed E-state index contributed by atoms with van der Waals surface area (Å²) in [5, 5.41) is 12.6. The summed E-state index contributed by atoms with van der Waals surface area (Å²) in [6.45, 7) is 5.02. The molecule has 112 valence electrons. The first kappa shape index (κ1) is 14.6. The molecule has 0 saturated carbocycles. The molecule has 1 unspecified atom stereocenters. The van der Waals surface area contributed by atoms with Gasteiger partial charge in [-0.25, -0.2) is 0 Å². The van der Waals surface area contributed by atoms with Crippen molar-refractivity contribution in [1.29, 1.82) is 0 Å². The van der Waals surface area contributed by atoms with E-state index in [1.54, 1.807) is 0 Å². The van der Waals surface area contributed by atoms with E-state index in [1.807, 2.05) is 30.3 Å². The van der Waals surface area contributed by atoms with Gasteiger partial charge >= 0.3 is 0 Å². The van der Waals surface area contributed by atoms with E-state index in [-0.39, 0.29) is 0 Å². The first-order valence-corrected chi connectivity index (χ1v) is 7.85. The molecule has 0 amide bonds. The molecule has 1 atom stereocenters. The average Bonchev–Trinajstić information content (AvgIpc) is 2.57. The fraction of sp³-hybridized carbons (Fsp3) is 0.200. The molecule has 0 saturated heterocycles. The molecular formula is C20H22NO+. The van der Waals surface area contributed by atoms with E-state index in [2.05, 4.69) is 43.3 Å². The van der Waals surface area contributed by atoms with E-state index in [1.165, 1.54) is 15.8 Å². The zero-order valence-corrected chi connectivity index (χ0v) is 12.9. The molecule has 0 heterocycles. The van der Waals surface area contributed by atoms with Crippen LogP contribution in [0.25, 0.3) is 10.8 Å². The Labute approximate surface area is 131 Å². The Hall–Kier alpha value is -2.32. The van der Waals surface area contributed by atoms with Gasteiger partial charge in [0.1, 0.15) is 18.8 Å². The van der Waals surface area contributed by atoms with Gasteiger partial charge in [0.15, 0.2) is 0 Å². The fourth-order valence-electron chi connectivity index (χ4n) is 2.96. The number of benzene rings is 3. The summed E-state index contributed by atoms with van der Waals surface area (Å²) in [5.74, 6) is 0.401. The minimum atomic E-state index is 0.401. The SMILES string of the molecule is CC[NH+](Cc1ccccc1)Cc1c(O)ccc2ccccc12. The molecule has 3 aromatic carbocycles. The van der Waals surface area contributed by atoms with Crippen LogP contribution in [0.5, 0.6) is 5.75 Å². The van der Waals surface area contributed by atoms with Crippen molar-refractivity contribution in [2.45, 2.75) is 20.0 Å². The first-order chi connectivity index (χ1) is 10.8. The molecule has 0 bridgehead atoms. The van der Waals surface area contributed by atoms with E-state index >= 15 is 0 Å². The summed E-state index contributed by atoms with van der Waals surface area (Å²) in [7, 11) is 0. The molecule has 2 nitrogen and oxygen atoms in total. The molecule has 3 aromatic rings. The van der Waals surface area contributed by atoms with Crippen molar-refractivity contribution in [1.82, 2.24) is 0 Å². The normalized spacial score (nSPS) is 12.4. The number of phenolic OH excluding ortho intramolecular Hbond substituents is 1. The molecule has 0 aliphatic carbocycles. The molecule has 0 aliphatic heterocycles. The van der Waals surface area contributed by atoms with Crippen molar-refractivity contribution in [2.24, 2.45) is 0 Å². The maximum atomic E-state index is 10.3. The Kier molecular flexibility index (Phi) is 4.40. The zero-order valence-electron chi connectivity index (χ0n) is 12.9. The van der Waals surface area contributed by atoms with E-state index in [4.69, 9.17) is 0 Å². The van der Waals surface area contributed by atoms with E-state index in [0.29, 0.717) is 5.75 Å². The molecule has 0 radical (unpaired) electrons. The molecular weight excluding hydrogens is 270 g/mol. The van der Waals surface area contributed by atoms with Gasteiger partial charge in [0.05, 0.1) is 12.1 Å². The number of hydrogen-bond acceptors (Lipinski definition) is 1. The van der Waals surface area contributed by atoms with Gasteiger partial charge in [-0.3, -0.25) is 0 Å². The first-order valence-electron chi connectivity index (χ1n) is 7.85. The molecule has 0 fully saturated rings. The topological polar surface area (TPSA) is 24.7 Å². The van der Waals surface area contributed by atoms with Crippen molar-refractivity contribution in [3.8, 4) is 5.75 Å². The molecule has 2 heteroatoms. The van der Waals surface area contributed by atoms with Crippen molar-refractivity contribution in [3.63, 3.8) is 0 Å². The molecule has 0 spiro atoms. The summed E-state index contributed by atoms with van der Waals surface area (Å²) in [4.78, 5) is 1.44. The van der Waals surface area contributed by atoms with Crippen LogP contribution in [0, 0.1) is 0 Å². The Bertz CT molecular complexity index is 752. The Morgan fingerprint density at radius 2 is 1.55 bits per heavy atom. The van der Waals surface area contributed by atoms with Gasteiger partial charge in [-0.15, -0.1) is 0 Å². The molecule has 2 N–H and O–H groups in total. The Morgan fingerprint density at radius 1 is 0.818 bits per heavy atom. The fourth-order valence-corrected chi connectivity index (χ4v) is 2.96. The predicted octanol–water partition coefficient (Wildman–Crippen LogP) is 3.15. The van der Waals surface area contributed by atoms with Gasteiger partial charge in [-0.1, -0.05) is 60.7 Å². The van der Waals surface area contributed by atoms with Gasteiger partial charge in [0, 0.05) is 5.56 Å². The molecule has 22 heavy (non-hydrogen) atoms. The molecule has 0 aromatic heterocycles. The number of fused-ring (bicyclic) bond motifs is 1. The standard InChI is InChI=1S/C20H21NO/c1-2-21(14-16-8-4-3-5-9-16)15-19-18-11-7-6-10-17(18)12-13-20(19)22/h3-13,22H,2,14-15H2,1H3/p+1. The lowest BCUT2D eigenvalue weighted by molar-refractivity contribution is -0.925. The Morgan fingerprint density at radius 3 is 2.32 bits per heavy atom. The van der Waals surface area contributed by atoms with Gasteiger partial charge in [-0.2, -0.15) is 0 Å². The maximum Gasteiger partial charge on any atom is 0.125 e. The second-order valence-electron chi connectivity index (χ2n) is 5.73. The minimum Gasteiger partial charge on any atom is -0.507 e. The van der Waals surface area contributed by atoms with Crippen LogP contribution in [-0.2, 0) is 13.1 Å². The van der Waals surface area contributed by atoms with Crippen molar-refractivity contribution >= 4 is 10.8 Å². The summed E-state index contributed by atoms with van der Waals surface area (Å²) in [5.41, 5.74) is 2.38. The molecule has 0 aliphatic rings. The quantitative estimate of drug-likeness (QED) is 0.742. The second kappa shape index (κ2) is 6.63.